The van der Waals surface area contributed by atoms with E-state index < -0.39 is 5.92 Å². The number of alkyl halides is 2. The van der Waals surface area contributed by atoms with Gasteiger partial charge in [0, 0.05) is 19.2 Å². The van der Waals surface area contributed by atoms with Gasteiger partial charge in [0.15, 0.2) is 0 Å². The number of nitrogens with zero attached hydrogens (tertiary/aromatic N) is 5. The van der Waals surface area contributed by atoms with Gasteiger partial charge in [0.2, 0.25) is 0 Å². The lowest BCUT2D eigenvalue weighted by molar-refractivity contribution is 0.0256. The Morgan fingerprint density at radius 2 is 1.97 bits per heavy atom. The topological polar surface area (TPSA) is 68.1 Å². The summed E-state index contributed by atoms with van der Waals surface area (Å²) < 4.78 is 27.6. The summed E-state index contributed by atoms with van der Waals surface area (Å²) in [5.74, 6) is -0.668. The first kappa shape index (κ1) is 19.5. The van der Waals surface area contributed by atoms with Crippen molar-refractivity contribution in [2.24, 2.45) is 0 Å². The Morgan fingerprint density at radius 3 is 2.66 bits per heavy atom. The van der Waals surface area contributed by atoms with Gasteiger partial charge in [-0.15, -0.1) is 0 Å². The average Bonchev–Trinajstić information content (AvgIpc) is 3.08. The maximum atomic E-state index is 13.8. The minimum Gasteiger partial charge on any atom is -0.350 e. The molecule has 0 spiro atoms. The lowest BCUT2D eigenvalue weighted by Gasteiger charge is -2.30. The zero-order chi connectivity index (χ0) is 20.4. The number of anilines is 3. The first-order chi connectivity index (χ1) is 13.9. The predicted octanol–water partition coefficient (Wildman–Crippen LogP) is 3.75. The molecule has 0 aliphatic carbocycles. The molecule has 2 aliphatic heterocycles. The number of hydrogen-bond acceptors (Lipinski definition) is 6. The standard InChI is InChI=1S/C21H24F2N6/c1-28-7-3-16(4-8-28)17-11-19(26-18-10-15(13-24)2-6-25-18)27-20(12-17)29-9-5-21(22,23)14-29/h2,6,10-12,16H,3-5,7-9,14H2,1H3,(H,25,26,27). The first-order valence-corrected chi connectivity index (χ1v) is 9.88. The third-order valence-corrected chi connectivity index (χ3v) is 5.66. The fraction of sp³-hybridized carbons (Fsp3) is 0.476. The van der Waals surface area contributed by atoms with E-state index in [9.17, 15) is 8.78 Å². The van der Waals surface area contributed by atoms with E-state index in [4.69, 9.17) is 5.26 Å². The van der Waals surface area contributed by atoms with Crippen molar-refractivity contribution in [2.45, 2.75) is 31.1 Å². The molecule has 0 unspecified atom stereocenters. The smallest absolute Gasteiger partial charge is 0.266 e. The molecule has 0 bridgehead atoms. The second-order valence-corrected chi connectivity index (χ2v) is 7.92. The number of likely N-dealkylation sites (tertiary alicyclic amines) is 1. The van der Waals surface area contributed by atoms with Crippen molar-refractivity contribution in [1.29, 1.82) is 5.26 Å². The molecule has 29 heavy (non-hydrogen) atoms. The van der Waals surface area contributed by atoms with E-state index in [1.807, 2.05) is 12.1 Å². The van der Waals surface area contributed by atoms with E-state index in [2.05, 4.69) is 33.3 Å². The second kappa shape index (κ2) is 7.91. The van der Waals surface area contributed by atoms with Crippen LogP contribution >= 0.6 is 0 Å². The van der Waals surface area contributed by atoms with Crippen molar-refractivity contribution in [3.05, 3.63) is 41.6 Å². The molecule has 4 heterocycles. The van der Waals surface area contributed by atoms with Crippen molar-refractivity contribution >= 4 is 17.5 Å². The predicted molar refractivity (Wildman–Crippen MR) is 108 cm³/mol. The SMILES string of the molecule is CN1CCC(c2cc(Nc3cc(C#N)ccn3)nc(N3CCC(F)(F)C3)c2)CC1. The van der Waals surface area contributed by atoms with Crippen molar-refractivity contribution in [3.63, 3.8) is 0 Å². The Balaban J connectivity index is 1.65. The number of rotatable bonds is 4. The Bertz CT molecular complexity index is 918. The number of aromatic nitrogens is 2. The summed E-state index contributed by atoms with van der Waals surface area (Å²) in [7, 11) is 2.11. The molecule has 0 radical (unpaired) electrons. The summed E-state index contributed by atoms with van der Waals surface area (Å²) in [6, 6.07) is 9.31. The number of hydrogen-bond donors (Lipinski definition) is 1. The maximum Gasteiger partial charge on any atom is 0.266 e. The van der Waals surface area contributed by atoms with Crippen LogP contribution in [0.15, 0.2) is 30.5 Å². The third kappa shape index (κ3) is 4.62. The van der Waals surface area contributed by atoms with E-state index in [0.29, 0.717) is 35.5 Å². The third-order valence-electron chi connectivity index (χ3n) is 5.66. The Morgan fingerprint density at radius 1 is 1.17 bits per heavy atom. The molecular weight excluding hydrogens is 374 g/mol. The molecule has 2 fully saturated rings. The fourth-order valence-corrected chi connectivity index (χ4v) is 3.97. The maximum absolute atomic E-state index is 13.8. The molecule has 6 nitrogen and oxygen atoms in total. The molecular formula is C21H24F2N6. The minimum atomic E-state index is -2.68. The Kier molecular flexibility index (Phi) is 5.33. The number of halogens is 2. The van der Waals surface area contributed by atoms with Crippen LogP contribution < -0.4 is 10.2 Å². The lowest BCUT2D eigenvalue weighted by Crippen LogP contribution is -2.29. The number of nitriles is 1. The monoisotopic (exact) mass is 398 g/mol. The summed E-state index contributed by atoms with van der Waals surface area (Å²) in [6.45, 7) is 2.01. The quantitative estimate of drug-likeness (QED) is 0.846. The van der Waals surface area contributed by atoms with Crippen LogP contribution in [0.4, 0.5) is 26.2 Å². The molecule has 0 amide bonds. The molecule has 2 aliphatic rings. The first-order valence-electron chi connectivity index (χ1n) is 9.88. The van der Waals surface area contributed by atoms with Gasteiger partial charge in [-0.05, 0) is 68.7 Å². The summed E-state index contributed by atoms with van der Waals surface area (Å²) in [5.41, 5.74) is 1.60. The molecule has 4 rings (SSSR count). The molecule has 8 heteroatoms. The molecule has 0 saturated carbocycles. The van der Waals surface area contributed by atoms with Crippen LogP contribution in [0.1, 0.15) is 36.3 Å². The van der Waals surface area contributed by atoms with Gasteiger partial charge >= 0.3 is 0 Å². The lowest BCUT2D eigenvalue weighted by atomic mass is 9.90. The summed E-state index contributed by atoms with van der Waals surface area (Å²) >= 11 is 0. The molecule has 0 atom stereocenters. The highest BCUT2D eigenvalue weighted by molar-refractivity contribution is 5.59. The van der Waals surface area contributed by atoms with E-state index in [-0.39, 0.29) is 13.0 Å². The van der Waals surface area contributed by atoms with Crippen LogP contribution in [0.2, 0.25) is 0 Å². The average molecular weight is 398 g/mol. The summed E-state index contributed by atoms with van der Waals surface area (Å²) in [5, 5.41) is 12.3. The van der Waals surface area contributed by atoms with Gasteiger partial charge in [-0.3, -0.25) is 0 Å². The molecule has 0 aromatic carbocycles. The highest BCUT2D eigenvalue weighted by atomic mass is 19.3. The Labute approximate surface area is 169 Å². The highest BCUT2D eigenvalue weighted by Gasteiger charge is 2.39. The number of nitrogens with one attached hydrogen (secondary N) is 1. The molecule has 2 saturated heterocycles. The van der Waals surface area contributed by atoms with Crippen LogP contribution in [0.3, 0.4) is 0 Å². The molecule has 2 aromatic heterocycles. The van der Waals surface area contributed by atoms with Gasteiger partial charge in [-0.1, -0.05) is 0 Å². The van der Waals surface area contributed by atoms with Crippen LogP contribution in [0.25, 0.3) is 0 Å². The fourth-order valence-electron chi connectivity index (χ4n) is 3.97. The largest absolute Gasteiger partial charge is 0.350 e. The van der Waals surface area contributed by atoms with Crippen LogP contribution in [0.5, 0.6) is 0 Å². The minimum absolute atomic E-state index is 0.151. The van der Waals surface area contributed by atoms with Crippen molar-refractivity contribution in [3.8, 4) is 6.07 Å². The summed E-state index contributed by atoms with van der Waals surface area (Å²) in [6.07, 6.45) is 3.46. The second-order valence-electron chi connectivity index (χ2n) is 7.92. The van der Waals surface area contributed by atoms with E-state index in [1.54, 1.807) is 23.2 Å². The van der Waals surface area contributed by atoms with E-state index >= 15 is 0 Å². The van der Waals surface area contributed by atoms with Gasteiger partial charge in [0.05, 0.1) is 18.2 Å². The van der Waals surface area contributed by atoms with E-state index in [0.717, 1.165) is 31.5 Å². The van der Waals surface area contributed by atoms with Gasteiger partial charge in [-0.25, -0.2) is 18.7 Å². The van der Waals surface area contributed by atoms with Crippen LogP contribution in [-0.2, 0) is 0 Å². The van der Waals surface area contributed by atoms with Gasteiger partial charge in [-0.2, -0.15) is 5.26 Å². The van der Waals surface area contributed by atoms with Crippen molar-refractivity contribution in [2.75, 3.05) is 43.4 Å². The zero-order valence-electron chi connectivity index (χ0n) is 16.4. The van der Waals surface area contributed by atoms with Gasteiger partial charge in [0.25, 0.3) is 5.92 Å². The van der Waals surface area contributed by atoms with Crippen molar-refractivity contribution < 1.29 is 8.78 Å². The van der Waals surface area contributed by atoms with Gasteiger partial charge in [0.1, 0.15) is 17.5 Å². The van der Waals surface area contributed by atoms with E-state index in [1.165, 1.54) is 0 Å². The summed E-state index contributed by atoms with van der Waals surface area (Å²) in [4.78, 5) is 12.8. The Hall–Kier alpha value is -2.79. The number of piperidine rings is 1. The zero-order valence-corrected chi connectivity index (χ0v) is 16.4. The molecule has 152 valence electrons. The van der Waals surface area contributed by atoms with Crippen LogP contribution in [0, 0.1) is 11.3 Å². The van der Waals surface area contributed by atoms with Gasteiger partial charge < -0.3 is 15.1 Å². The van der Waals surface area contributed by atoms with Crippen LogP contribution in [-0.4, -0.2) is 54.0 Å². The molecule has 1 N–H and O–H groups in total. The normalized spacial score (nSPS) is 19.9. The molecule has 2 aromatic rings. The highest BCUT2D eigenvalue weighted by Crippen LogP contribution is 2.35. The van der Waals surface area contributed by atoms with Crippen molar-refractivity contribution in [1.82, 2.24) is 14.9 Å². The number of pyridine rings is 2.